The summed E-state index contributed by atoms with van der Waals surface area (Å²) in [6.45, 7) is 6.87. The lowest BCUT2D eigenvalue weighted by Gasteiger charge is -2.13. The monoisotopic (exact) mass is 560 g/mol. The van der Waals surface area contributed by atoms with Crippen LogP contribution in [0.3, 0.4) is 0 Å². The molecule has 0 aromatic heterocycles. The molecule has 8 nitrogen and oxygen atoms in total. The number of benzene rings is 3. The lowest BCUT2D eigenvalue weighted by molar-refractivity contribution is -0.139. The van der Waals surface area contributed by atoms with Crippen molar-refractivity contribution in [2.75, 3.05) is 13.2 Å². The normalized spacial score (nSPS) is 10.7. The minimum atomic E-state index is -0.600. The van der Waals surface area contributed by atoms with Gasteiger partial charge in [-0.1, -0.05) is 32.8 Å². The van der Waals surface area contributed by atoms with Crippen molar-refractivity contribution in [1.82, 2.24) is 0 Å². The highest BCUT2D eigenvalue weighted by Gasteiger charge is 2.16. The molecule has 0 aliphatic heterocycles. The molecule has 0 spiro atoms. The number of carbonyl (C=O) groups excluding carboxylic acids is 3. The van der Waals surface area contributed by atoms with E-state index >= 15 is 0 Å². The van der Waals surface area contributed by atoms with Crippen molar-refractivity contribution < 1.29 is 38.1 Å². The minimum Gasteiger partial charge on any atom is -0.494 e. The summed E-state index contributed by atoms with van der Waals surface area (Å²) in [6, 6.07) is 17.8. The van der Waals surface area contributed by atoms with E-state index in [1.165, 1.54) is 24.3 Å². The first-order valence-corrected chi connectivity index (χ1v) is 13.8. The van der Waals surface area contributed by atoms with Gasteiger partial charge in [-0.05, 0) is 86.5 Å². The Bertz CT molecular complexity index is 1310. The van der Waals surface area contributed by atoms with Crippen molar-refractivity contribution in [2.45, 2.75) is 53.1 Å². The van der Waals surface area contributed by atoms with Crippen molar-refractivity contribution in [3.05, 3.63) is 95.6 Å². The minimum absolute atomic E-state index is 0.167. The van der Waals surface area contributed by atoms with Crippen molar-refractivity contribution in [3.63, 3.8) is 0 Å². The Morgan fingerprint density at radius 1 is 0.683 bits per heavy atom. The summed E-state index contributed by atoms with van der Waals surface area (Å²) in [5, 5.41) is 0. The topological polar surface area (TPSA) is 97.4 Å². The predicted octanol–water partition coefficient (Wildman–Crippen LogP) is 7.10. The lowest BCUT2D eigenvalue weighted by Crippen LogP contribution is -2.12. The predicted molar refractivity (Wildman–Crippen MR) is 155 cm³/mol. The van der Waals surface area contributed by atoms with Gasteiger partial charge < -0.3 is 23.7 Å². The molecule has 0 saturated carbocycles. The van der Waals surface area contributed by atoms with Gasteiger partial charge in [-0.25, -0.2) is 14.4 Å². The summed E-state index contributed by atoms with van der Waals surface area (Å²) in [4.78, 5) is 37.5. The third kappa shape index (κ3) is 10.1. The first-order chi connectivity index (χ1) is 19.9. The molecule has 0 aliphatic rings. The molecule has 41 heavy (non-hydrogen) atoms. The number of allylic oxidation sites excluding steroid dienone is 1. The maximum Gasteiger partial charge on any atom is 0.343 e. The largest absolute Gasteiger partial charge is 0.494 e. The zero-order chi connectivity index (χ0) is 29.5. The SMILES string of the molecule is C/C=C/C(=O)OCc1cc(OC(=O)c2ccc(OCCCC)cc2)ccc1OC(=O)c1ccc(OCCCC)cc1. The van der Waals surface area contributed by atoms with Crippen LogP contribution in [-0.4, -0.2) is 31.1 Å². The molecule has 216 valence electrons. The maximum absolute atomic E-state index is 12.9. The van der Waals surface area contributed by atoms with Crippen LogP contribution in [0.5, 0.6) is 23.0 Å². The van der Waals surface area contributed by atoms with Crippen LogP contribution in [0, 0.1) is 0 Å². The van der Waals surface area contributed by atoms with E-state index in [-0.39, 0.29) is 18.1 Å². The van der Waals surface area contributed by atoms with Gasteiger partial charge in [0.1, 0.15) is 29.6 Å². The number of unbranched alkanes of at least 4 members (excludes halogenated alkanes) is 2. The lowest BCUT2D eigenvalue weighted by atomic mass is 10.2. The molecule has 0 aliphatic carbocycles. The van der Waals surface area contributed by atoms with Crippen LogP contribution >= 0.6 is 0 Å². The summed E-state index contributed by atoms with van der Waals surface area (Å²) < 4.78 is 27.7. The molecule has 0 N–H and O–H groups in total. The van der Waals surface area contributed by atoms with Crippen LogP contribution in [-0.2, 0) is 16.1 Å². The molecule has 0 heterocycles. The van der Waals surface area contributed by atoms with E-state index in [4.69, 9.17) is 23.7 Å². The fourth-order valence-corrected chi connectivity index (χ4v) is 3.53. The van der Waals surface area contributed by atoms with E-state index in [9.17, 15) is 14.4 Å². The van der Waals surface area contributed by atoms with Crippen molar-refractivity contribution >= 4 is 17.9 Å². The third-order valence-electron chi connectivity index (χ3n) is 5.83. The van der Waals surface area contributed by atoms with E-state index in [1.807, 2.05) is 0 Å². The number of esters is 3. The van der Waals surface area contributed by atoms with Gasteiger partial charge in [-0.2, -0.15) is 0 Å². The third-order valence-corrected chi connectivity index (χ3v) is 5.83. The summed E-state index contributed by atoms with van der Waals surface area (Å²) in [5.74, 6) is -0.0395. The molecular weight excluding hydrogens is 524 g/mol. The molecule has 0 atom stereocenters. The molecule has 0 radical (unpaired) electrons. The molecule has 0 amide bonds. The standard InChI is InChI=1S/C33H36O8/c1-4-7-20-37-27-14-10-24(11-15-27)32(35)40-29-18-19-30(26(22-29)23-39-31(34)9-6-3)41-33(36)25-12-16-28(17-13-25)38-21-8-5-2/h6,9-19,22H,4-5,7-8,20-21,23H2,1-3H3/b9-6+. The molecule has 0 fully saturated rings. The van der Waals surface area contributed by atoms with Gasteiger partial charge in [0.25, 0.3) is 0 Å². The van der Waals surface area contributed by atoms with Gasteiger partial charge in [0.15, 0.2) is 0 Å². The fraction of sp³-hybridized carbons (Fsp3) is 0.303. The Morgan fingerprint density at radius 2 is 1.20 bits per heavy atom. The van der Waals surface area contributed by atoms with E-state index in [2.05, 4.69) is 13.8 Å². The Morgan fingerprint density at radius 3 is 1.71 bits per heavy atom. The Kier molecular flexibility index (Phi) is 12.5. The van der Waals surface area contributed by atoms with Crippen LogP contribution in [0.4, 0.5) is 0 Å². The molecule has 0 unspecified atom stereocenters. The highest BCUT2D eigenvalue weighted by molar-refractivity contribution is 5.92. The Hall–Kier alpha value is -4.59. The van der Waals surface area contributed by atoms with Gasteiger partial charge in [-0.3, -0.25) is 0 Å². The summed E-state index contributed by atoms with van der Waals surface area (Å²) in [5.41, 5.74) is 1.01. The molecular formula is C33H36O8. The highest BCUT2D eigenvalue weighted by Crippen LogP contribution is 2.27. The fourth-order valence-electron chi connectivity index (χ4n) is 3.53. The van der Waals surface area contributed by atoms with Crippen LogP contribution in [0.25, 0.3) is 0 Å². The van der Waals surface area contributed by atoms with Crippen LogP contribution < -0.4 is 18.9 Å². The van der Waals surface area contributed by atoms with E-state index in [1.54, 1.807) is 61.5 Å². The summed E-state index contributed by atoms with van der Waals surface area (Å²) >= 11 is 0. The quantitative estimate of drug-likeness (QED) is 0.0840. The van der Waals surface area contributed by atoms with Crippen molar-refractivity contribution in [1.29, 1.82) is 0 Å². The first kappa shape index (κ1) is 30.9. The zero-order valence-electron chi connectivity index (χ0n) is 23.7. The van der Waals surface area contributed by atoms with Crippen LogP contribution in [0.1, 0.15) is 72.7 Å². The van der Waals surface area contributed by atoms with E-state index in [0.717, 1.165) is 25.7 Å². The summed E-state index contributed by atoms with van der Waals surface area (Å²) in [7, 11) is 0. The van der Waals surface area contributed by atoms with Gasteiger partial charge in [0.2, 0.25) is 0 Å². The van der Waals surface area contributed by atoms with Gasteiger partial charge in [0, 0.05) is 11.6 Å². The molecule has 8 heteroatoms. The first-order valence-electron chi connectivity index (χ1n) is 13.8. The van der Waals surface area contributed by atoms with E-state index in [0.29, 0.717) is 41.4 Å². The van der Waals surface area contributed by atoms with Crippen LogP contribution in [0.2, 0.25) is 0 Å². The number of carbonyl (C=O) groups is 3. The smallest absolute Gasteiger partial charge is 0.343 e. The zero-order valence-corrected chi connectivity index (χ0v) is 23.7. The number of ether oxygens (including phenoxy) is 5. The van der Waals surface area contributed by atoms with Crippen LogP contribution in [0.15, 0.2) is 78.9 Å². The van der Waals surface area contributed by atoms with Gasteiger partial charge in [0.05, 0.1) is 24.3 Å². The number of hydrogen-bond donors (Lipinski definition) is 0. The van der Waals surface area contributed by atoms with Crippen molar-refractivity contribution in [3.8, 4) is 23.0 Å². The molecule has 3 aromatic rings. The Balaban J connectivity index is 1.72. The average Bonchev–Trinajstić information content (AvgIpc) is 2.98. The molecule has 3 rings (SSSR count). The molecule has 0 bridgehead atoms. The highest BCUT2D eigenvalue weighted by atomic mass is 16.6. The molecule has 3 aromatic carbocycles. The average molecular weight is 561 g/mol. The second kappa shape index (κ2) is 16.5. The van der Waals surface area contributed by atoms with E-state index < -0.39 is 17.9 Å². The number of hydrogen-bond acceptors (Lipinski definition) is 8. The van der Waals surface area contributed by atoms with Crippen molar-refractivity contribution in [2.24, 2.45) is 0 Å². The van der Waals surface area contributed by atoms with Gasteiger partial charge in [-0.15, -0.1) is 0 Å². The van der Waals surface area contributed by atoms with Gasteiger partial charge >= 0.3 is 17.9 Å². The summed E-state index contributed by atoms with van der Waals surface area (Å²) in [6.07, 6.45) is 6.77. The number of rotatable bonds is 15. The second-order valence-electron chi connectivity index (χ2n) is 9.11. The maximum atomic E-state index is 12.9. The second-order valence-corrected chi connectivity index (χ2v) is 9.11. The molecule has 0 saturated heterocycles. The Labute approximate surface area is 240 Å².